The number of urea groups is 1. The molecule has 5 aromatic rings. The minimum absolute atomic E-state index is 0.171. The molecule has 0 saturated heterocycles. The van der Waals surface area contributed by atoms with Crippen molar-refractivity contribution in [3.05, 3.63) is 106 Å². The number of amides is 2. The molecule has 0 radical (unpaired) electrons. The minimum Gasteiger partial charge on any atom is -0.406 e. The molecule has 0 aliphatic carbocycles. The summed E-state index contributed by atoms with van der Waals surface area (Å²) in [4.78, 5) is 34.7. The Bertz CT molecular complexity index is 1900. The van der Waals surface area contributed by atoms with E-state index in [0.717, 1.165) is 28.2 Å². The number of benzene rings is 3. The summed E-state index contributed by atoms with van der Waals surface area (Å²) in [7, 11) is 0. The van der Waals surface area contributed by atoms with Crippen molar-refractivity contribution in [1.82, 2.24) is 28.6 Å². The van der Waals surface area contributed by atoms with Crippen LogP contribution in [0.2, 0.25) is 0 Å². The fourth-order valence-corrected chi connectivity index (χ4v) is 5.48. The summed E-state index contributed by atoms with van der Waals surface area (Å²) < 4.78 is 45.6. The van der Waals surface area contributed by atoms with E-state index in [1.165, 1.54) is 39.8 Å². The molecule has 3 aromatic carbocycles. The average molecular weight is 638 g/mol. The first-order valence-electron chi connectivity index (χ1n) is 14.1. The first-order chi connectivity index (χ1) is 21.5. The number of halogens is 3. The zero-order valence-corrected chi connectivity index (χ0v) is 25.5. The van der Waals surface area contributed by atoms with Gasteiger partial charge in [-0.2, -0.15) is 4.99 Å². The van der Waals surface area contributed by atoms with Crippen LogP contribution in [0.5, 0.6) is 5.75 Å². The summed E-state index contributed by atoms with van der Waals surface area (Å²) in [6.45, 7) is 6.75. The van der Waals surface area contributed by atoms with Gasteiger partial charge in [0.1, 0.15) is 12.1 Å². The summed E-state index contributed by atoms with van der Waals surface area (Å²) in [5.41, 5.74) is 3.68. The van der Waals surface area contributed by atoms with E-state index in [4.69, 9.17) is 0 Å². The van der Waals surface area contributed by atoms with Gasteiger partial charge in [0, 0.05) is 18.7 Å². The smallest absolute Gasteiger partial charge is 0.406 e. The van der Waals surface area contributed by atoms with Crippen LogP contribution < -0.4 is 20.5 Å². The van der Waals surface area contributed by atoms with Gasteiger partial charge in [0.15, 0.2) is 5.82 Å². The second-order valence-corrected chi connectivity index (χ2v) is 11.2. The van der Waals surface area contributed by atoms with E-state index in [1.807, 2.05) is 69.3 Å². The third-order valence-electron chi connectivity index (χ3n) is 6.80. The number of aromatic nitrogens is 5. The second-order valence-electron chi connectivity index (χ2n) is 10.2. The van der Waals surface area contributed by atoms with Crippen LogP contribution in [0, 0.1) is 0 Å². The van der Waals surface area contributed by atoms with E-state index in [0.29, 0.717) is 41.5 Å². The lowest BCUT2D eigenvalue weighted by Crippen LogP contribution is -2.31. The number of hydrogen-bond donors (Lipinski definition) is 1. The van der Waals surface area contributed by atoms with Crippen molar-refractivity contribution in [2.45, 2.75) is 46.0 Å². The monoisotopic (exact) mass is 637 g/mol. The lowest BCUT2D eigenvalue weighted by atomic mass is 10.0. The van der Waals surface area contributed by atoms with Gasteiger partial charge in [-0.25, -0.2) is 27.8 Å². The van der Waals surface area contributed by atoms with Crippen molar-refractivity contribution in [2.24, 2.45) is 4.99 Å². The summed E-state index contributed by atoms with van der Waals surface area (Å²) in [5.74, 6) is 0.288. The normalized spacial score (nSPS) is 12.1. The van der Waals surface area contributed by atoms with E-state index in [9.17, 15) is 22.8 Å². The molecule has 5 rings (SSSR count). The number of aryl methyl sites for hydroxylation is 1. The lowest BCUT2D eigenvalue weighted by Gasteiger charge is -2.12. The quantitative estimate of drug-likeness (QED) is 0.218. The van der Waals surface area contributed by atoms with Gasteiger partial charge < -0.3 is 10.1 Å². The van der Waals surface area contributed by atoms with Crippen molar-refractivity contribution < 1.29 is 22.7 Å². The number of nitrogens with zero attached hydrogens (tertiary/aromatic N) is 6. The number of ether oxygens (including phenoxy) is 1. The van der Waals surface area contributed by atoms with Crippen molar-refractivity contribution in [2.75, 3.05) is 6.54 Å². The Balaban J connectivity index is 1.22. The predicted molar refractivity (Wildman–Crippen MR) is 164 cm³/mol. The fraction of sp³-hybridized carbons (Fsp3) is 0.258. The highest BCUT2D eigenvalue weighted by Crippen LogP contribution is 2.24. The predicted octanol–water partition coefficient (Wildman–Crippen LogP) is 5.84. The molecular formula is C31H30F3N7O3S. The molecule has 0 atom stereocenters. The molecule has 14 heteroatoms. The molecule has 0 spiro atoms. The van der Waals surface area contributed by atoms with E-state index in [-0.39, 0.29) is 17.4 Å². The van der Waals surface area contributed by atoms with Crippen molar-refractivity contribution in [1.29, 1.82) is 0 Å². The Morgan fingerprint density at radius 1 is 1.04 bits per heavy atom. The van der Waals surface area contributed by atoms with Crippen molar-refractivity contribution in [3.63, 3.8) is 0 Å². The Hall–Kier alpha value is -4.98. The van der Waals surface area contributed by atoms with Gasteiger partial charge in [-0.1, -0.05) is 56.3 Å². The summed E-state index contributed by atoms with van der Waals surface area (Å²) in [5, 5.41) is 7.22. The highest BCUT2D eigenvalue weighted by Gasteiger charge is 2.31. The molecule has 0 bridgehead atoms. The largest absolute Gasteiger partial charge is 0.573 e. The molecule has 0 fully saturated rings. The third kappa shape index (κ3) is 7.58. The van der Waals surface area contributed by atoms with Crippen LogP contribution in [0.3, 0.4) is 0 Å². The highest BCUT2D eigenvalue weighted by atomic mass is 32.1. The van der Waals surface area contributed by atoms with Crippen molar-refractivity contribution >= 4 is 17.6 Å². The van der Waals surface area contributed by atoms with Crippen LogP contribution in [0.15, 0.2) is 88.9 Å². The van der Waals surface area contributed by atoms with Crippen LogP contribution in [0.1, 0.15) is 37.8 Å². The molecular weight excluding hydrogens is 607 g/mol. The van der Waals surface area contributed by atoms with Crippen molar-refractivity contribution in [3.8, 4) is 28.5 Å². The molecule has 10 nitrogen and oxygen atoms in total. The van der Waals surface area contributed by atoms with Gasteiger partial charge in [-0.3, -0.25) is 0 Å². The molecule has 0 unspecified atom stereocenters. The molecule has 2 amide bonds. The Morgan fingerprint density at radius 3 is 2.42 bits per heavy atom. The number of rotatable bonds is 9. The SMILES string of the molecule is CCn1s/c(=N/C(=O)NCCc2ccc(-c3ncn(-c4ccc(OC(F)(F)F)cc4)n3)cc2)n(-c2ccccc2C(C)C)c1=O. The maximum atomic E-state index is 13.1. The molecule has 2 aromatic heterocycles. The highest BCUT2D eigenvalue weighted by molar-refractivity contribution is 7.03. The Kier molecular flexibility index (Phi) is 9.32. The molecule has 1 N–H and O–H groups in total. The first-order valence-corrected chi connectivity index (χ1v) is 14.9. The number of nitrogens with one attached hydrogen (secondary N) is 1. The number of carbonyl (C=O) groups excluding carboxylic acids is 1. The van der Waals surface area contributed by atoms with E-state index < -0.39 is 12.4 Å². The number of carbonyl (C=O) groups is 1. The van der Waals surface area contributed by atoms with Gasteiger partial charge in [0.25, 0.3) is 0 Å². The van der Waals surface area contributed by atoms with Gasteiger partial charge in [0.2, 0.25) is 4.80 Å². The molecule has 2 heterocycles. The average Bonchev–Trinajstić information content (AvgIpc) is 3.62. The van der Waals surface area contributed by atoms with Gasteiger partial charge in [-0.05, 0) is 72.3 Å². The van der Waals surface area contributed by atoms with Crippen LogP contribution >= 0.6 is 11.5 Å². The van der Waals surface area contributed by atoms with Gasteiger partial charge in [-0.15, -0.1) is 18.3 Å². The van der Waals surface area contributed by atoms with Crippen LogP contribution in [-0.4, -0.2) is 42.2 Å². The second kappa shape index (κ2) is 13.3. The summed E-state index contributed by atoms with van der Waals surface area (Å²) in [6, 6.07) is 19.9. The summed E-state index contributed by atoms with van der Waals surface area (Å²) >= 11 is 1.14. The number of hydrogen-bond acceptors (Lipinski definition) is 6. The molecule has 0 saturated carbocycles. The van der Waals surface area contributed by atoms with E-state index in [2.05, 4.69) is 25.1 Å². The zero-order valence-electron chi connectivity index (χ0n) is 24.7. The third-order valence-corrected chi connectivity index (χ3v) is 7.87. The Labute approximate surface area is 260 Å². The first kappa shape index (κ1) is 31.4. The van der Waals surface area contributed by atoms with Crippen LogP contribution in [-0.2, 0) is 13.0 Å². The summed E-state index contributed by atoms with van der Waals surface area (Å²) in [6.07, 6.45) is -2.75. The molecule has 45 heavy (non-hydrogen) atoms. The maximum absolute atomic E-state index is 13.1. The van der Waals surface area contributed by atoms with Gasteiger partial charge in [0.05, 0.1) is 11.4 Å². The van der Waals surface area contributed by atoms with E-state index in [1.54, 1.807) is 3.96 Å². The fourth-order valence-electron chi connectivity index (χ4n) is 4.61. The standard InChI is InChI=1S/C31H30F3N7O3S/c1-4-40-30(43)41(26-8-6-5-7-25(26)20(2)3)29(45-40)37-28(42)35-18-17-21-9-11-22(12-10-21)27-36-19-39(38-27)23-13-15-24(16-14-23)44-31(32,33)34/h5-16,19-20H,4,17-18H2,1-3H3,(H,35,42)/b37-29+. The van der Waals surface area contributed by atoms with Gasteiger partial charge >= 0.3 is 18.1 Å². The van der Waals surface area contributed by atoms with E-state index >= 15 is 0 Å². The lowest BCUT2D eigenvalue weighted by molar-refractivity contribution is -0.274. The van der Waals surface area contributed by atoms with Crippen LogP contribution in [0.4, 0.5) is 18.0 Å². The number of para-hydroxylation sites is 1. The minimum atomic E-state index is -4.76. The molecule has 0 aliphatic rings. The molecule has 0 aliphatic heterocycles. The molecule has 234 valence electrons. The topological polar surface area (TPSA) is 108 Å². The maximum Gasteiger partial charge on any atom is 0.573 e. The van der Waals surface area contributed by atoms with Crippen LogP contribution in [0.25, 0.3) is 22.8 Å². The number of alkyl halides is 3. The zero-order chi connectivity index (χ0) is 32.1. The Morgan fingerprint density at radius 2 is 1.76 bits per heavy atom.